The van der Waals surface area contributed by atoms with E-state index in [1.807, 2.05) is 4.72 Å². The Labute approximate surface area is 185 Å². The Kier molecular flexibility index (Phi) is 5.70. The topological polar surface area (TPSA) is 120 Å². The number of alkyl halides is 3. The number of amides is 1. The van der Waals surface area contributed by atoms with Crippen molar-refractivity contribution in [3.05, 3.63) is 52.5 Å². The number of benzene rings is 2. The average Bonchev–Trinajstić information content (AvgIpc) is 3.37. The second-order valence-electron chi connectivity index (χ2n) is 7.41. The second kappa shape index (κ2) is 8.23. The van der Waals surface area contributed by atoms with E-state index < -0.39 is 50.1 Å². The first-order valence-corrected chi connectivity index (χ1v) is 11.2. The number of hydrogen-bond donors (Lipinski definition) is 2. The van der Waals surface area contributed by atoms with Gasteiger partial charge in [0.25, 0.3) is 15.9 Å². The largest absolute Gasteiger partial charge is 0.419 e. The van der Waals surface area contributed by atoms with Crippen LogP contribution < -0.4 is 15.8 Å². The minimum absolute atomic E-state index is 0.0337. The monoisotopic (exact) mass is 485 g/mol. The number of aromatic nitrogens is 1. The fourth-order valence-electron chi connectivity index (χ4n) is 3.44. The van der Waals surface area contributed by atoms with Crippen LogP contribution in [-0.2, 0) is 32.8 Å². The predicted molar refractivity (Wildman–Crippen MR) is 111 cm³/mol. The first-order valence-electron chi connectivity index (χ1n) is 9.72. The number of carbonyl (C=O) groups is 1. The van der Waals surface area contributed by atoms with Crippen LogP contribution in [0.2, 0.25) is 0 Å². The van der Waals surface area contributed by atoms with Crippen molar-refractivity contribution in [3.8, 4) is 0 Å². The minimum Gasteiger partial charge on any atom is -0.408 e. The molecule has 176 valence electrons. The zero-order valence-corrected chi connectivity index (χ0v) is 17.9. The van der Waals surface area contributed by atoms with Crippen molar-refractivity contribution >= 4 is 38.4 Å². The lowest BCUT2D eigenvalue weighted by Crippen LogP contribution is -2.27. The van der Waals surface area contributed by atoms with E-state index in [1.54, 1.807) is 0 Å². The first kappa shape index (κ1) is 22.9. The highest BCUT2D eigenvalue weighted by Crippen LogP contribution is 2.37. The van der Waals surface area contributed by atoms with Gasteiger partial charge in [-0.15, -0.1) is 0 Å². The molecule has 2 N–H and O–H groups in total. The Hall–Kier alpha value is -3.32. The van der Waals surface area contributed by atoms with Gasteiger partial charge in [-0.3, -0.25) is 14.1 Å². The summed E-state index contributed by atoms with van der Waals surface area (Å²) in [6.07, 6.45) is -4.53. The lowest BCUT2D eigenvalue weighted by Gasteiger charge is -2.17. The number of oxazole rings is 1. The Morgan fingerprint density at radius 2 is 1.94 bits per heavy atom. The zero-order chi connectivity index (χ0) is 24.0. The molecule has 0 radical (unpaired) electrons. The van der Waals surface area contributed by atoms with Crippen LogP contribution in [0.25, 0.3) is 11.1 Å². The molecule has 33 heavy (non-hydrogen) atoms. The van der Waals surface area contributed by atoms with Crippen LogP contribution in [0.15, 0.2) is 50.5 Å². The Morgan fingerprint density at radius 3 is 2.61 bits per heavy atom. The van der Waals surface area contributed by atoms with Crippen LogP contribution in [-0.4, -0.2) is 31.6 Å². The van der Waals surface area contributed by atoms with Crippen LogP contribution in [0.5, 0.6) is 0 Å². The van der Waals surface area contributed by atoms with Crippen LogP contribution in [0.1, 0.15) is 18.4 Å². The van der Waals surface area contributed by atoms with E-state index in [2.05, 4.69) is 5.32 Å². The van der Waals surface area contributed by atoms with E-state index in [-0.39, 0.29) is 11.3 Å². The van der Waals surface area contributed by atoms with Gasteiger partial charge in [-0.2, -0.15) is 13.2 Å². The molecule has 1 aliphatic heterocycles. The molecule has 0 spiro atoms. The van der Waals surface area contributed by atoms with Gasteiger partial charge in [-0.25, -0.2) is 13.2 Å². The summed E-state index contributed by atoms with van der Waals surface area (Å²) >= 11 is 0. The molecule has 4 rings (SSSR count). The molecule has 1 fully saturated rings. The molecule has 1 unspecified atom stereocenters. The number of sulfonamides is 1. The maximum absolute atomic E-state index is 13.7. The molecule has 0 bridgehead atoms. The molecular formula is C20H18F3N3O6S. The predicted octanol–water partition coefficient (Wildman–Crippen LogP) is 3.07. The number of fused-ring (bicyclic) bond motifs is 1. The number of nitrogens with one attached hydrogen (secondary N) is 2. The summed E-state index contributed by atoms with van der Waals surface area (Å²) in [5.74, 6) is -1.29. The molecule has 13 heteroatoms. The number of ether oxygens (including phenoxy) is 1. The number of aryl methyl sites for hydroxylation is 1. The highest BCUT2D eigenvalue weighted by Gasteiger charge is 2.35. The first-order chi connectivity index (χ1) is 15.5. The summed E-state index contributed by atoms with van der Waals surface area (Å²) in [5.41, 5.74) is -1.89. The van der Waals surface area contributed by atoms with Gasteiger partial charge in [0, 0.05) is 25.4 Å². The summed E-state index contributed by atoms with van der Waals surface area (Å²) in [4.78, 5) is 23.4. The van der Waals surface area contributed by atoms with Crippen molar-refractivity contribution in [2.24, 2.45) is 7.05 Å². The van der Waals surface area contributed by atoms with Crippen molar-refractivity contribution in [2.45, 2.75) is 30.0 Å². The van der Waals surface area contributed by atoms with Crippen molar-refractivity contribution in [3.63, 3.8) is 0 Å². The van der Waals surface area contributed by atoms with Gasteiger partial charge in [-0.1, -0.05) is 0 Å². The van der Waals surface area contributed by atoms with E-state index in [1.165, 1.54) is 13.1 Å². The number of halogens is 3. The van der Waals surface area contributed by atoms with E-state index >= 15 is 0 Å². The average molecular weight is 485 g/mol. The molecule has 2 heterocycles. The third kappa shape index (κ3) is 4.59. The smallest absolute Gasteiger partial charge is 0.408 e. The number of hydrogen-bond acceptors (Lipinski definition) is 6. The quantitative estimate of drug-likeness (QED) is 0.573. The van der Waals surface area contributed by atoms with E-state index in [4.69, 9.17) is 9.15 Å². The molecular weight excluding hydrogens is 467 g/mol. The standard InChI is InChI=1S/C20H18F3N3O6S/c1-26-15-7-5-12(10-17(15)32-19(26)28)33(29,30)25-14-6-4-11(9-13(14)20(21,22)23)24-18(27)16-3-2-8-31-16/h4-7,9-10,16,25H,2-3,8H2,1H3,(H,24,27). The molecule has 2 aromatic carbocycles. The molecule has 1 atom stereocenters. The van der Waals surface area contributed by atoms with E-state index in [9.17, 15) is 31.2 Å². The normalized spacial score (nSPS) is 16.8. The van der Waals surface area contributed by atoms with Gasteiger partial charge in [0.05, 0.1) is 21.7 Å². The zero-order valence-electron chi connectivity index (χ0n) is 17.1. The number of rotatable bonds is 5. The van der Waals surface area contributed by atoms with Gasteiger partial charge >= 0.3 is 11.9 Å². The molecule has 1 aliphatic rings. The third-order valence-electron chi connectivity index (χ3n) is 5.13. The summed E-state index contributed by atoms with van der Waals surface area (Å²) in [6.45, 7) is 0.394. The number of anilines is 2. The Bertz CT molecular complexity index is 1390. The van der Waals surface area contributed by atoms with Crippen LogP contribution in [0.4, 0.5) is 24.5 Å². The van der Waals surface area contributed by atoms with Gasteiger partial charge in [0.1, 0.15) is 6.10 Å². The molecule has 0 aliphatic carbocycles. The maximum Gasteiger partial charge on any atom is 0.419 e. The number of nitrogens with zero attached hydrogens (tertiary/aromatic N) is 1. The Balaban J connectivity index is 1.64. The Morgan fingerprint density at radius 1 is 1.18 bits per heavy atom. The molecule has 9 nitrogen and oxygen atoms in total. The van der Waals surface area contributed by atoms with Crippen molar-refractivity contribution in [2.75, 3.05) is 16.6 Å². The van der Waals surface area contributed by atoms with Crippen LogP contribution in [0, 0.1) is 0 Å². The highest BCUT2D eigenvalue weighted by atomic mass is 32.2. The van der Waals surface area contributed by atoms with E-state index in [0.29, 0.717) is 31.0 Å². The van der Waals surface area contributed by atoms with Gasteiger partial charge < -0.3 is 14.5 Å². The van der Waals surface area contributed by atoms with Crippen LogP contribution >= 0.6 is 0 Å². The fraction of sp³-hybridized carbons (Fsp3) is 0.300. The minimum atomic E-state index is -4.92. The summed E-state index contributed by atoms with van der Waals surface area (Å²) in [6, 6.07) is 6.20. The van der Waals surface area contributed by atoms with Gasteiger partial charge in [0.15, 0.2) is 5.58 Å². The van der Waals surface area contributed by atoms with Crippen molar-refractivity contribution in [1.29, 1.82) is 0 Å². The summed E-state index contributed by atoms with van der Waals surface area (Å²) < 4.78 is 79.8. The lowest BCUT2D eigenvalue weighted by atomic mass is 10.1. The van der Waals surface area contributed by atoms with Gasteiger partial charge in [0.2, 0.25) is 0 Å². The molecule has 3 aromatic rings. The highest BCUT2D eigenvalue weighted by molar-refractivity contribution is 7.92. The second-order valence-corrected chi connectivity index (χ2v) is 9.09. The summed E-state index contributed by atoms with van der Waals surface area (Å²) in [5, 5.41) is 2.36. The van der Waals surface area contributed by atoms with E-state index in [0.717, 1.165) is 28.8 Å². The third-order valence-corrected chi connectivity index (χ3v) is 6.50. The molecule has 1 saturated heterocycles. The molecule has 1 aromatic heterocycles. The van der Waals surface area contributed by atoms with Gasteiger partial charge in [-0.05, 0) is 43.2 Å². The van der Waals surface area contributed by atoms with Crippen molar-refractivity contribution < 1.29 is 35.5 Å². The lowest BCUT2D eigenvalue weighted by molar-refractivity contribution is -0.137. The van der Waals surface area contributed by atoms with Crippen molar-refractivity contribution in [1.82, 2.24) is 4.57 Å². The maximum atomic E-state index is 13.7. The number of carbonyl (C=O) groups excluding carboxylic acids is 1. The fourth-order valence-corrected chi connectivity index (χ4v) is 4.53. The molecule has 1 amide bonds. The molecule has 0 saturated carbocycles. The summed E-state index contributed by atoms with van der Waals surface area (Å²) in [7, 11) is -3.04. The SMILES string of the molecule is Cn1c(=O)oc2cc(S(=O)(=O)Nc3ccc(NC(=O)C4CCCO4)cc3C(F)(F)F)ccc21. The van der Waals surface area contributed by atoms with Crippen LogP contribution in [0.3, 0.4) is 0 Å².